The SMILES string of the molecule is Cc1c(-c2cc3sc4cc(-c5sc6c(c5C)C(=O)C(F)(F)C6=O)sc4c3s2)sc2c1C(=O)C(F)(F)C2=O. The summed E-state index contributed by atoms with van der Waals surface area (Å²) in [6.07, 6.45) is 0. The third kappa shape index (κ3) is 2.76. The first kappa shape index (κ1) is 23.5. The van der Waals surface area contributed by atoms with Crippen molar-refractivity contribution in [2.75, 3.05) is 0 Å². The number of fused-ring (bicyclic) bond motifs is 5. The molecular formula is C24H8F4O4S5. The smallest absolute Gasteiger partial charge is 0.287 e. The second-order valence-electron chi connectivity index (χ2n) is 8.70. The Hall–Kier alpha value is -2.58. The minimum atomic E-state index is -4.01. The minimum Gasteiger partial charge on any atom is -0.287 e. The Bertz CT molecular complexity index is 1810. The van der Waals surface area contributed by atoms with Crippen LogP contribution in [0.5, 0.6) is 0 Å². The lowest BCUT2D eigenvalue weighted by atomic mass is 10.1. The largest absolute Gasteiger partial charge is 0.372 e. The third-order valence-electron chi connectivity index (χ3n) is 6.57. The van der Waals surface area contributed by atoms with Crippen LogP contribution in [0.25, 0.3) is 38.3 Å². The number of thiophene rings is 5. The fourth-order valence-electron chi connectivity index (χ4n) is 4.73. The van der Waals surface area contributed by atoms with Gasteiger partial charge in [-0.15, -0.1) is 56.7 Å². The Labute approximate surface area is 223 Å². The van der Waals surface area contributed by atoms with Gasteiger partial charge in [-0.05, 0) is 37.1 Å². The zero-order chi connectivity index (χ0) is 26.3. The number of carbonyl (C=O) groups excluding carboxylic acids is 4. The van der Waals surface area contributed by atoms with Gasteiger partial charge in [0.15, 0.2) is 0 Å². The van der Waals surface area contributed by atoms with E-state index in [2.05, 4.69) is 0 Å². The highest BCUT2D eigenvalue weighted by atomic mass is 32.1. The number of carbonyl (C=O) groups is 4. The summed E-state index contributed by atoms with van der Waals surface area (Å²) >= 11 is 6.12. The molecule has 0 saturated heterocycles. The highest BCUT2D eigenvalue weighted by Gasteiger charge is 2.58. The third-order valence-corrected chi connectivity index (χ3v) is 13.3. The van der Waals surface area contributed by atoms with Gasteiger partial charge in [-0.2, -0.15) is 17.6 Å². The highest BCUT2D eigenvalue weighted by Crippen LogP contribution is 2.53. The molecule has 0 spiro atoms. The lowest BCUT2D eigenvalue weighted by molar-refractivity contribution is 0.0187. The van der Waals surface area contributed by atoms with Crippen molar-refractivity contribution < 1.29 is 36.7 Å². The van der Waals surface area contributed by atoms with Gasteiger partial charge in [0.25, 0.3) is 11.6 Å². The van der Waals surface area contributed by atoms with Crippen LogP contribution in [-0.2, 0) is 0 Å². The molecule has 2 aliphatic rings. The molecule has 37 heavy (non-hydrogen) atoms. The van der Waals surface area contributed by atoms with Gasteiger partial charge < -0.3 is 0 Å². The number of hydrogen-bond acceptors (Lipinski definition) is 9. The van der Waals surface area contributed by atoms with Crippen LogP contribution in [0.3, 0.4) is 0 Å². The standard InChI is InChI=1S/C24H8F4O4S5/c1-5-11-17(21(31)23(25,26)19(11)29)36-13(5)7-3-9-15(34-7)16-10(33-9)4-8(35-16)14-6(2)12-18(37-14)22(32)24(27,28)20(12)30/h3-4H,1-2H3. The van der Waals surface area contributed by atoms with Gasteiger partial charge in [0.2, 0.25) is 11.6 Å². The summed E-state index contributed by atoms with van der Waals surface area (Å²) in [4.78, 5) is 50.7. The van der Waals surface area contributed by atoms with Crippen LogP contribution < -0.4 is 0 Å². The maximum atomic E-state index is 13.9. The Kier molecular flexibility index (Phi) is 4.50. The first-order chi connectivity index (χ1) is 17.3. The minimum absolute atomic E-state index is 0.203. The summed E-state index contributed by atoms with van der Waals surface area (Å²) in [6.45, 7) is 3.13. The summed E-state index contributed by atoms with van der Waals surface area (Å²) in [6, 6.07) is 3.81. The molecule has 5 heterocycles. The molecule has 0 saturated carbocycles. The van der Waals surface area contributed by atoms with Gasteiger partial charge in [-0.1, -0.05) is 0 Å². The number of hydrogen-bond donors (Lipinski definition) is 0. The van der Waals surface area contributed by atoms with Gasteiger partial charge >= 0.3 is 11.8 Å². The Morgan fingerprint density at radius 2 is 0.919 bits per heavy atom. The molecule has 5 aromatic rings. The Balaban J connectivity index is 1.32. The molecule has 13 heteroatoms. The van der Waals surface area contributed by atoms with Crippen LogP contribution in [0.15, 0.2) is 12.1 Å². The lowest BCUT2D eigenvalue weighted by Crippen LogP contribution is -2.30. The normalized spacial score (nSPS) is 18.1. The first-order valence-electron chi connectivity index (χ1n) is 10.5. The van der Waals surface area contributed by atoms with Crippen molar-refractivity contribution >= 4 is 98.6 Å². The van der Waals surface area contributed by atoms with Crippen molar-refractivity contribution in [3.05, 3.63) is 44.1 Å². The van der Waals surface area contributed by atoms with Crippen LogP contribution >= 0.6 is 56.7 Å². The predicted octanol–water partition coefficient (Wildman–Crippen LogP) is 8.28. The summed E-state index contributed by atoms with van der Waals surface area (Å²) in [5.41, 5.74) is 0.321. The zero-order valence-electron chi connectivity index (χ0n) is 18.3. The van der Waals surface area contributed by atoms with Gasteiger partial charge in [0, 0.05) is 40.0 Å². The van der Waals surface area contributed by atoms with Gasteiger partial charge in [-0.3, -0.25) is 19.2 Å². The van der Waals surface area contributed by atoms with Gasteiger partial charge in [-0.25, -0.2) is 0 Å². The molecule has 0 N–H and O–H groups in total. The van der Waals surface area contributed by atoms with Crippen LogP contribution in [0.4, 0.5) is 17.6 Å². The molecule has 0 bridgehead atoms. The van der Waals surface area contributed by atoms with Gasteiger partial charge in [0.1, 0.15) is 0 Å². The topological polar surface area (TPSA) is 68.3 Å². The fraction of sp³-hybridized carbons (Fsp3) is 0.167. The molecule has 0 aliphatic heterocycles. The van der Waals surface area contributed by atoms with Crippen LogP contribution in [-0.4, -0.2) is 35.0 Å². The van der Waals surface area contributed by atoms with E-state index in [1.807, 2.05) is 12.1 Å². The second-order valence-corrected chi connectivity index (χ2v) is 13.9. The summed E-state index contributed by atoms with van der Waals surface area (Å²) in [5, 5.41) is 0. The highest BCUT2D eigenvalue weighted by molar-refractivity contribution is 7.41. The fourth-order valence-corrected chi connectivity index (χ4v) is 11.6. The number of ketones is 4. The zero-order valence-corrected chi connectivity index (χ0v) is 22.4. The van der Waals surface area contributed by atoms with E-state index in [1.54, 1.807) is 13.8 Å². The molecule has 0 atom stereocenters. The molecule has 4 nitrogen and oxygen atoms in total. The molecular weight excluding hydrogens is 589 g/mol. The number of rotatable bonds is 2. The maximum absolute atomic E-state index is 13.9. The van der Waals surface area contributed by atoms with Crippen molar-refractivity contribution in [2.45, 2.75) is 25.7 Å². The van der Waals surface area contributed by atoms with E-state index in [0.29, 0.717) is 20.9 Å². The van der Waals surface area contributed by atoms with Crippen LogP contribution in [0.1, 0.15) is 51.2 Å². The molecule has 5 aromatic heterocycles. The Morgan fingerprint density at radius 3 is 1.27 bits per heavy atom. The van der Waals surface area contributed by atoms with Crippen LogP contribution in [0, 0.1) is 13.8 Å². The quantitative estimate of drug-likeness (QED) is 0.152. The van der Waals surface area contributed by atoms with Crippen LogP contribution in [0.2, 0.25) is 0 Å². The van der Waals surface area contributed by atoms with E-state index in [0.717, 1.165) is 51.2 Å². The number of halogens is 4. The number of alkyl halides is 4. The van der Waals surface area contributed by atoms with Crippen molar-refractivity contribution in [1.29, 1.82) is 0 Å². The molecule has 0 fully saturated rings. The van der Waals surface area contributed by atoms with E-state index < -0.39 is 35.0 Å². The molecule has 0 aromatic carbocycles. The van der Waals surface area contributed by atoms with Crippen molar-refractivity contribution in [3.8, 4) is 19.5 Å². The van der Waals surface area contributed by atoms with Crippen molar-refractivity contribution in [1.82, 2.24) is 0 Å². The summed E-state index contributed by atoms with van der Waals surface area (Å²) in [7, 11) is 0. The van der Waals surface area contributed by atoms with E-state index in [1.165, 1.54) is 34.0 Å². The number of Topliss-reactive ketones (excluding diaryl/α,β-unsaturated/α-hetero) is 4. The van der Waals surface area contributed by atoms with E-state index in [-0.39, 0.29) is 20.9 Å². The Morgan fingerprint density at radius 1 is 0.541 bits per heavy atom. The average Bonchev–Trinajstić information content (AvgIpc) is 3.65. The maximum Gasteiger partial charge on any atom is 0.372 e. The summed E-state index contributed by atoms with van der Waals surface area (Å²) < 4.78 is 59.4. The molecule has 0 amide bonds. The summed E-state index contributed by atoms with van der Waals surface area (Å²) in [5.74, 6) is -13.8. The lowest BCUT2D eigenvalue weighted by Gasteiger charge is -2.05. The second kappa shape index (κ2) is 7.08. The van der Waals surface area contributed by atoms with Crippen molar-refractivity contribution in [2.24, 2.45) is 0 Å². The molecule has 186 valence electrons. The molecule has 2 aliphatic carbocycles. The molecule has 0 unspecified atom stereocenters. The van der Waals surface area contributed by atoms with E-state index >= 15 is 0 Å². The average molecular weight is 597 g/mol. The molecule has 7 rings (SSSR count). The first-order valence-corrected chi connectivity index (χ1v) is 14.6. The van der Waals surface area contributed by atoms with E-state index in [4.69, 9.17) is 0 Å². The predicted molar refractivity (Wildman–Crippen MR) is 138 cm³/mol. The molecule has 0 radical (unpaired) electrons. The van der Waals surface area contributed by atoms with Crippen molar-refractivity contribution in [3.63, 3.8) is 0 Å². The monoisotopic (exact) mass is 596 g/mol. The van der Waals surface area contributed by atoms with Gasteiger partial charge in [0.05, 0.1) is 19.2 Å². The van der Waals surface area contributed by atoms with E-state index in [9.17, 15) is 36.7 Å².